The minimum Gasteiger partial charge on any atom is -0.287 e. The summed E-state index contributed by atoms with van der Waals surface area (Å²) in [6.07, 6.45) is -2.80. The molecule has 0 N–H and O–H groups in total. The van der Waals surface area contributed by atoms with Gasteiger partial charge < -0.3 is 0 Å². The number of benzene rings is 7. The Hall–Kier alpha value is -7.98. The maximum Gasteiger partial charge on any atom is 0.227 e. The first-order valence-corrected chi connectivity index (χ1v) is 20.5. The van der Waals surface area contributed by atoms with E-state index in [-0.39, 0.29) is 11.7 Å². The number of carbonyl (C=O) groups is 1. The van der Waals surface area contributed by atoms with Crippen molar-refractivity contribution in [2.75, 3.05) is 0 Å². The summed E-state index contributed by atoms with van der Waals surface area (Å²) in [5.41, 5.74) is -8.81. The Morgan fingerprint density at radius 3 is 1.14 bits per heavy atom. The second-order valence-electron chi connectivity index (χ2n) is 16.0. The van der Waals surface area contributed by atoms with E-state index in [4.69, 9.17) is 0 Å². The fourth-order valence-electron chi connectivity index (χ4n) is 8.97. The Balaban J connectivity index is 0.000000216. The maximum atomic E-state index is 15.4. The Kier molecular flexibility index (Phi) is 13.5. The van der Waals surface area contributed by atoms with Gasteiger partial charge in [0.15, 0.2) is 75.5 Å². The molecule has 374 valence electrons. The van der Waals surface area contributed by atoms with Crippen molar-refractivity contribution < 1.29 is 97.2 Å². The lowest BCUT2D eigenvalue weighted by Gasteiger charge is -2.44. The zero-order valence-electron chi connectivity index (χ0n) is 35.6. The quantitative estimate of drug-likeness (QED) is 0.0371. The summed E-state index contributed by atoms with van der Waals surface area (Å²) in [7, 11) is 0. The molecule has 0 amide bonds. The molecule has 0 fully saturated rings. The number of rotatable bonds is 8. The Bertz CT molecular complexity index is 3260. The summed E-state index contributed by atoms with van der Waals surface area (Å²) in [4.78, 5) is 13.0. The van der Waals surface area contributed by atoms with Crippen LogP contribution in [0.15, 0.2) is 97.1 Å². The molecule has 0 saturated carbocycles. The predicted octanol–water partition coefficient (Wildman–Crippen LogP) is 11.0. The number of nitrogens with zero attached hydrogens (tertiary/aromatic N) is 1. The first-order chi connectivity index (χ1) is 34.5. The molecular formula is C50H20BF20NO. The fraction of sp³-hybridized carbons (Fsp3) is 0.0400. The van der Waals surface area contributed by atoms with Crippen LogP contribution in [-0.4, -0.2) is 11.9 Å². The second kappa shape index (κ2) is 19.2. The molecule has 23 heteroatoms. The molecular weight excluding hydrogens is 1020 g/mol. The highest BCUT2D eigenvalue weighted by Gasteiger charge is 2.52. The third-order valence-electron chi connectivity index (χ3n) is 12.2. The molecule has 0 bridgehead atoms. The van der Waals surface area contributed by atoms with Crippen molar-refractivity contribution in [2.45, 2.75) is 12.5 Å². The standard InChI is InChI=1S/C26H20NO.C24BF20/c28-26(21-10-2-1-3-11-21)18-27-24-13-7-5-9-20(24)15-17-25(27)23-16-14-19-8-4-6-12-22(19)23;26-5-1(6(27)14(35)21(42)13(5)34)25(2-7(28)15(36)22(43)16(37)8(2)29,3-9(30)17(38)23(44)18(39)10(3)31)4-11(32)19(40)24(45)20(41)12(4)33/h1-17,23H,18H2;/q+1;-1. The van der Waals surface area contributed by atoms with Crippen LogP contribution in [0.25, 0.3) is 17.0 Å². The number of allylic oxidation sites excluding steroid dienone is 1. The van der Waals surface area contributed by atoms with Crippen molar-refractivity contribution in [3.8, 4) is 0 Å². The summed E-state index contributed by atoms with van der Waals surface area (Å²) < 4.78 is 296. The van der Waals surface area contributed by atoms with Gasteiger partial charge in [-0.2, -0.15) is 4.57 Å². The Labute approximate surface area is 395 Å². The number of hydrogen-bond acceptors (Lipinski definition) is 1. The first kappa shape index (κ1) is 51.4. The largest absolute Gasteiger partial charge is 0.287 e. The molecule has 1 aromatic heterocycles. The van der Waals surface area contributed by atoms with Crippen LogP contribution in [0, 0.1) is 116 Å². The van der Waals surface area contributed by atoms with E-state index in [0.717, 1.165) is 22.2 Å². The minimum atomic E-state index is -7.22. The topological polar surface area (TPSA) is 20.9 Å². The van der Waals surface area contributed by atoms with Crippen LogP contribution in [0.3, 0.4) is 0 Å². The van der Waals surface area contributed by atoms with Crippen LogP contribution in [0.1, 0.15) is 33.1 Å². The van der Waals surface area contributed by atoms with Crippen LogP contribution in [0.2, 0.25) is 0 Å². The molecule has 0 radical (unpaired) electrons. The van der Waals surface area contributed by atoms with Crippen LogP contribution < -0.4 is 26.4 Å². The molecule has 7 aromatic carbocycles. The molecule has 0 spiro atoms. The summed E-state index contributed by atoms with van der Waals surface area (Å²) in [6.45, 7) is 0.327. The Morgan fingerprint density at radius 1 is 0.384 bits per heavy atom. The third kappa shape index (κ3) is 7.95. The van der Waals surface area contributed by atoms with Crippen LogP contribution in [0.4, 0.5) is 87.8 Å². The van der Waals surface area contributed by atoms with E-state index in [1.165, 1.54) is 11.1 Å². The van der Waals surface area contributed by atoms with Gasteiger partial charge in [-0.3, -0.25) is 4.79 Å². The number of halogens is 20. The van der Waals surface area contributed by atoms with Gasteiger partial charge in [-0.25, -0.2) is 87.8 Å². The van der Waals surface area contributed by atoms with Crippen molar-refractivity contribution >= 4 is 50.8 Å². The number of ketones is 1. The lowest BCUT2D eigenvalue weighted by Crippen LogP contribution is -2.81. The van der Waals surface area contributed by atoms with E-state index in [9.17, 15) is 57.5 Å². The molecule has 1 aliphatic rings. The highest BCUT2D eigenvalue weighted by Crippen LogP contribution is 2.35. The van der Waals surface area contributed by atoms with Crippen LogP contribution in [-0.2, 0) is 6.54 Å². The Morgan fingerprint density at radius 2 is 0.726 bits per heavy atom. The molecule has 0 saturated heterocycles. The number of pyridine rings is 1. The van der Waals surface area contributed by atoms with Crippen molar-refractivity contribution in [1.82, 2.24) is 0 Å². The van der Waals surface area contributed by atoms with Crippen LogP contribution >= 0.6 is 0 Å². The van der Waals surface area contributed by atoms with Gasteiger partial charge >= 0.3 is 0 Å². The normalized spacial score (nSPS) is 13.1. The van der Waals surface area contributed by atoms with Gasteiger partial charge in [-0.05, 0) is 23.3 Å². The van der Waals surface area contributed by atoms with Crippen molar-refractivity contribution in [1.29, 1.82) is 0 Å². The van der Waals surface area contributed by atoms with Gasteiger partial charge in [0, 0.05) is 23.1 Å². The predicted molar refractivity (Wildman–Crippen MR) is 221 cm³/mol. The monoisotopic (exact) mass is 1040 g/mol. The summed E-state index contributed by atoms with van der Waals surface area (Å²) >= 11 is 0. The molecule has 9 rings (SSSR count). The molecule has 73 heavy (non-hydrogen) atoms. The van der Waals surface area contributed by atoms with E-state index in [1.54, 1.807) is 0 Å². The van der Waals surface area contributed by atoms with E-state index in [0.29, 0.717) is 6.54 Å². The summed E-state index contributed by atoms with van der Waals surface area (Å²) in [5, 5.41) is 1.14. The summed E-state index contributed by atoms with van der Waals surface area (Å²) in [5.74, 6) is -71.1. The number of carbonyl (C=O) groups excluding carboxylic acids is 1. The van der Waals surface area contributed by atoms with E-state index in [2.05, 4.69) is 65.3 Å². The average molecular weight is 1040 g/mol. The van der Waals surface area contributed by atoms with Gasteiger partial charge in [-0.1, -0.05) is 78.9 Å². The molecule has 1 unspecified atom stereocenters. The highest BCUT2D eigenvalue weighted by molar-refractivity contribution is 7.20. The summed E-state index contributed by atoms with van der Waals surface area (Å²) in [6, 6.07) is 30.6. The van der Waals surface area contributed by atoms with E-state index >= 15 is 35.1 Å². The van der Waals surface area contributed by atoms with E-state index in [1.807, 2.05) is 42.5 Å². The zero-order valence-corrected chi connectivity index (χ0v) is 35.6. The molecule has 0 aliphatic heterocycles. The number of hydrogen-bond donors (Lipinski definition) is 0. The number of fused-ring (bicyclic) bond motifs is 2. The van der Waals surface area contributed by atoms with Crippen molar-refractivity contribution in [2.24, 2.45) is 0 Å². The van der Waals surface area contributed by atoms with Gasteiger partial charge in [0.2, 0.25) is 17.8 Å². The molecule has 2 nitrogen and oxygen atoms in total. The molecule has 1 aliphatic carbocycles. The minimum absolute atomic E-state index is 0.124. The number of Topliss-reactive ketones (excluding diaryl/α,β-unsaturated/α-hetero) is 1. The molecule has 8 aromatic rings. The van der Waals surface area contributed by atoms with Gasteiger partial charge in [0.25, 0.3) is 0 Å². The van der Waals surface area contributed by atoms with E-state index < -0.39 is 144 Å². The average Bonchev–Trinajstić information content (AvgIpc) is 3.83. The van der Waals surface area contributed by atoms with Gasteiger partial charge in [-0.15, -0.1) is 21.9 Å². The van der Waals surface area contributed by atoms with Crippen molar-refractivity contribution in [3.63, 3.8) is 0 Å². The first-order valence-electron chi connectivity index (χ1n) is 20.5. The molecule has 1 atom stereocenters. The SMILES string of the molecule is Fc1c(F)c(F)c([B-](c2c(F)c(F)c(F)c(F)c2F)(c2c(F)c(F)c(F)c(F)c2F)c2c(F)c(F)c(F)c(F)c2F)c(F)c1F.O=C(C[n+]1c(C2C=Cc3ccccc32)ccc2ccccc21)c1ccccc1. The number of aromatic nitrogens is 1. The second-order valence-corrected chi connectivity index (χ2v) is 16.0. The maximum absolute atomic E-state index is 15.4. The highest BCUT2D eigenvalue weighted by atomic mass is 19.2. The number of para-hydroxylation sites is 1. The smallest absolute Gasteiger partial charge is 0.227 e. The van der Waals surface area contributed by atoms with Gasteiger partial charge in [0.1, 0.15) is 52.7 Å². The van der Waals surface area contributed by atoms with Crippen LogP contribution in [0.5, 0.6) is 0 Å². The lowest BCUT2D eigenvalue weighted by molar-refractivity contribution is -0.665. The van der Waals surface area contributed by atoms with Crippen molar-refractivity contribution in [3.05, 3.63) is 236 Å². The van der Waals surface area contributed by atoms with Gasteiger partial charge in [0.05, 0.1) is 5.92 Å². The fourth-order valence-corrected chi connectivity index (χ4v) is 8.97. The molecule has 1 heterocycles. The zero-order chi connectivity index (χ0) is 53.3. The third-order valence-corrected chi connectivity index (χ3v) is 12.2. The lowest BCUT2D eigenvalue weighted by atomic mass is 9.12.